The molecular formula is C14H14F3NO. The summed E-state index contributed by atoms with van der Waals surface area (Å²) in [4.78, 5) is 0. The Labute approximate surface area is 109 Å². The molecule has 1 atom stereocenters. The average Bonchev–Trinajstić information content (AvgIpc) is 2.38. The maximum Gasteiger partial charge on any atom is 0.395 e. The molecule has 102 valence electrons. The molecule has 0 heterocycles. The highest BCUT2D eigenvalue weighted by Crippen LogP contribution is 2.31. The Bertz CT molecular complexity index is 457. The van der Waals surface area contributed by atoms with E-state index >= 15 is 0 Å². The zero-order valence-corrected chi connectivity index (χ0v) is 10.2. The monoisotopic (exact) mass is 269 g/mol. The van der Waals surface area contributed by atoms with E-state index in [1.807, 2.05) is 6.07 Å². The van der Waals surface area contributed by atoms with Gasteiger partial charge in [-0.15, -0.1) is 0 Å². The van der Waals surface area contributed by atoms with E-state index in [4.69, 9.17) is 10.4 Å². The van der Waals surface area contributed by atoms with Gasteiger partial charge in [0.2, 0.25) is 0 Å². The first kappa shape index (κ1) is 15.3. The molecule has 0 aliphatic carbocycles. The molecule has 1 aromatic carbocycles. The summed E-state index contributed by atoms with van der Waals surface area (Å²) in [6.45, 7) is -0.253. The minimum Gasteiger partial charge on any atom is -0.396 e. The number of hydrogen-bond acceptors (Lipinski definition) is 2. The number of allylic oxidation sites excluding steroid dienone is 1. The van der Waals surface area contributed by atoms with Gasteiger partial charge in [0.1, 0.15) is 0 Å². The second-order valence-corrected chi connectivity index (χ2v) is 4.11. The first-order valence-electron chi connectivity index (χ1n) is 5.83. The summed E-state index contributed by atoms with van der Waals surface area (Å²) in [5, 5.41) is 17.2. The van der Waals surface area contributed by atoms with E-state index in [1.54, 1.807) is 24.3 Å². The van der Waals surface area contributed by atoms with Gasteiger partial charge >= 0.3 is 6.18 Å². The fraction of sp³-hybridized carbons (Fsp3) is 0.357. The predicted octanol–water partition coefficient (Wildman–Crippen LogP) is 3.52. The van der Waals surface area contributed by atoms with Crippen molar-refractivity contribution in [3.05, 3.63) is 41.5 Å². The number of halogens is 3. The Morgan fingerprint density at radius 1 is 1.26 bits per heavy atom. The maximum absolute atomic E-state index is 12.7. The molecule has 0 bridgehead atoms. The van der Waals surface area contributed by atoms with Crippen LogP contribution in [-0.4, -0.2) is 17.9 Å². The molecule has 19 heavy (non-hydrogen) atoms. The van der Waals surface area contributed by atoms with Gasteiger partial charge in [0.15, 0.2) is 0 Å². The van der Waals surface area contributed by atoms with Crippen LogP contribution in [0.2, 0.25) is 0 Å². The minimum atomic E-state index is -4.31. The van der Waals surface area contributed by atoms with Gasteiger partial charge in [0, 0.05) is 6.61 Å². The summed E-state index contributed by atoms with van der Waals surface area (Å²) in [5.74, 6) is -1.56. The molecule has 0 spiro atoms. The Hall–Kier alpha value is -1.80. The Morgan fingerprint density at radius 3 is 2.37 bits per heavy atom. The van der Waals surface area contributed by atoms with Gasteiger partial charge in [-0.1, -0.05) is 24.3 Å². The van der Waals surface area contributed by atoms with Crippen LogP contribution >= 0.6 is 0 Å². The Kier molecular flexibility index (Phi) is 5.58. The lowest BCUT2D eigenvalue weighted by Crippen LogP contribution is -2.21. The molecule has 0 fully saturated rings. The van der Waals surface area contributed by atoms with Crippen LogP contribution in [0.1, 0.15) is 24.0 Å². The summed E-state index contributed by atoms with van der Waals surface area (Å²) in [7, 11) is 0. The molecule has 1 unspecified atom stereocenters. The lowest BCUT2D eigenvalue weighted by Gasteiger charge is -2.16. The molecule has 1 rings (SSSR count). The second kappa shape index (κ2) is 6.95. The van der Waals surface area contributed by atoms with Gasteiger partial charge in [-0.25, -0.2) is 0 Å². The van der Waals surface area contributed by atoms with Crippen LogP contribution in [0.3, 0.4) is 0 Å². The lowest BCUT2D eigenvalue weighted by molar-refractivity contribution is -0.162. The van der Waals surface area contributed by atoms with E-state index in [9.17, 15) is 13.2 Å². The fourth-order valence-corrected chi connectivity index (χ4v) is 1.58. The van der Waals surface area contributed by atoms with Crippen LogP contribution in [0.25, 0.3) is 6.08 Å². The summed E-state index contributed by atoms with van der Waals surface area (Å²) < 4.78 is 38.1. The number of hydrogen-bond donors (Lipinski definition) is 1. The third-order valence-corrected chi connectivity index (χ3v) is 2.65. The zero-order chi connectivity index (χ0) is 14.3. The van der Waals surface area contributed by atoms with E-state index in [0.29, 0.717) is 11.1 Å². The van der Waals surface area contributed by atoms with Crippen molar-refractivity contribution in [3.8, 4) is 6.07 Å². The minimum absolute atomic E-state index is 0.113. The SMILES string of the molecule is N#Cc1ccc(/C=C/C(CCCO)C(F)(F)F)cc1. The summed E-state index contributed by atoms with van der Waals surface area (Å²) in [6, 6.07) is 8.23. The molecule has 0 radical (unpaired) electrons. The highest BCUT2D eigenvalue weighted by molar-refractivity contribution is 5.51. The molecule has 0 aliphatic rings. The molecule has 5 heteroatoms. The van der Waals surface area contributed by atoms with Crippen LogP contribution < -0.4 is 0 Å². The van der Waals surface area contributed by atoms with Gasteiger partial charge in [0.05, 0.1) is 17.6 Å². The second-order valence-electron chi connectivity index (χ2n) is 4.11. The highest BCUT2D eigenvalue weighted by Gasteiger charge is 2.36. The molecule has 1 aromatic rings. The van der Waals surface area contributed by atoms with Gasteiger partial charge in [-0.3, -0.25) is 0 Å². The van der Waals surface area contributed by atoms with Gasteiger partial charge < -0.3 is 5.11 Å². The summed E-state index contributed by atoms with van der Waals surface area (Å²) in [6.07, 6.45) is -1.85. The summed E-state index contributed by atoms with van der Waals surface area (Å²) >= 11 is 0. The average molecular weight is 269 g/mol. The van der Waals surface area contributed by atoms with Crippen LogP contribution in [-0.2, 0) is 0 Å². The maximum atomic E-state index is 12.7. The third kappa shape index (κ3) is 5.14. The molecular weight excluding hydrogens is 255 g/mol. The van der Waals surface area contributed by atoms with E-state index in [0.717, 1.165) is 6.08 Å². The molecule has 0 saturated heterocycles. The van der Waals surface area contributed by atoms with Crippen LogP contribution in [0, 0.1) is 17.2 Å². The van der Waals surface area contributed by atoms with Crippen molar-refractivity contribution in [3.63, 3.8) is 0 Å². The van der Waals surface area contributed by atoms with Crippen LogP contribution in [0.4, 0.5) is 13.2 Å². The quantitative estimate of drug-likeness (QED) is 0.888. The van der Waals surface area contributed by atoms with E-state index < -0.39 is 12.1 Å². The molecule has 0 aromatic heterocycles. The van der Waals surface area contributed by atoms with Crippen molar-refractivity contribution in [2.24, 2.45) is 5.92 Å². The zero-order valence-electron chi connectivity index (χ0n) is 10.2. The fourth-order valence-electron chi connectivity index (χ4n) is 1.58. The number of benzene rings is 1. The van der Waals surface area contributed by atoms with Crippen LogP contribution in [0.5, 0.6) is 0 Å². The van der Waals surface area contributed by atoms with E-state index in [2.05, 4.69) is 0 Å². The number of rotatable bonds is 5. The first-order chi connectivity index (χ1) is 8.97. The van der Waals surface area contributed by atoms with Gasteiger partial charge in [-0.05, 0) is 30.5 Å². The Morgan fingerprint density at radius 2 is 1.89 bits per heavy atom. The normalized spacial score (nSPS) is 13.4. The topological polar surface area (TPSA) is 44.0 Å². The van der Waals surface area contributed by atoms with Crippen LogP contribution in [0.15, 0.2) is 30.3 Å². The van der Waals surface area contributed by atoms with E-state index in [1.165, 1.54) is 6.08 Å². The van der Waals surface area contributed by atoms with Crippen molar-refractivity contribution >= 4 is 6.08 Å². The highest BCUT2D eigenvalue weighted by atomic mass is 19.4. The predicted molar refractivity (Wildman–Crippen MR) is 66.1 cm³/mol. The first-order valence-corrected chi connectivity index (χ1v) is 5.83. The van der Waals surface area contributed by atoms with Crippen molar-refractivity contribution in [1.82, 2.24) is 0 Å². The number of alkyl halides is 3. The van der Waals surface area contributed by atoms with E-state index in [-0.39, 0.29) is 19.4 Å². The number of nitrogens with zero attached hydrogens (tertiary/aromatic N) is 1. The van der Waals surface area contributed by atoms with Crippen molar-refractivity contribution < 1.29 is 18.3 Å². The smallest absolute Gasteiger partial charge is 0.395 e. The third-order valence-electron chi connectivity index (χ3n) is 2.65. The lowest BCUT2D eigenvalue weighted by atomic mass is 10.0. The largest absolute Gasteiger partial charge is 0.396 e. The van der Waals surface area contributed by atoms with Crippen molar-refractivity contribution in [2.75, 3.05) is 6.61 Å². The Balaban J connectivity index is 2.77. The molecule has 1 N–H and O–H groups in total. The van der Waals surface area contributed by atoms with Gasteiger partial charge in [-0.2, -0.15) is 18.4 Å². The van der Waals surface area contributed by atoms with Crippen molar-refractivity contribution in [1.29, 1.82) is 5.26 Å². The molecule has 0 aliphatic heterocycles. The molecule has 0 saturated carbocycles. The van der Waals surface area contributed by atoms with Gasteiger partial charge in [0.25, 0.3) is 0 Å². The number of nitriles is 1. The molecule has 2 nitrogen and oxygen atoms in total. The standard InChI is InChI=1S/C14H14F3NO/c15-14(16,17)13(2-1-9-19)8-7-11-3-5-12(10-18)6-4-11/h3-8,13,19H,1-2,9H2/b8-7+. The number of aliphatic hydroxyl groups is 1. The molecule has 0 amide bonds. The number of aliphatic hydroxyl groups excluding tert-OH is 1. The van der Waals surface area contributed by atoms with Crippen molar-refractivity contribution in [2.45, 2.75) is 19.0 Å². The summed E-state index contributed by atoms with van der Waals surface area (Å²) in [5.41, 5.74) is 1.07.